The first-order valence-electron chi connectivity index (χ1n) is 6.17. The maximum Gasteiger partial charge on any atom is 0.255 e. The molecule has 0 aliphatic heterocycles. The summed E-state index contributed by atoms with van der Waals surface area (Å²) in [5.41, 5.74) is 2.16. The van der Waals surface area contributed by atoms with E-state index in [2.05, 4.69) is 4.98 Å². The number of nitrogens with one attached hydrogen (secondary N) is 1. The van der Waals surface area contributed by atoms with Crippen molar-refractivity contribution in [2.45, 2.75) is 6.61 Å². The van der Waals surface area contributed by atoms with Crippen LogP contribution < -0.4 is 5.56 Å². The Kier molecular flexibility index (Phi) is 4.00. The maximum atomic E-state index is 12.2. The highest BCUT2D eigenvalue weighted by molar-refractivity contribution is 6.00. The van der Waals surface area contributed by atoms with Crippen molar-refractivity contribution >= 4 is 5.91 Å². The smallest absolute Gasteiger partial charge is 0.255 e. The molecule has 0 radical (unpaired) electrons. The zero-order chi connectivity index (χ0) is 14.7. The maximum absolute atomic E-state index is 12.2. The molecule has 1 aromatic heterocycles. The van der Waals surface area contributed by atoms with Gasteiger partial charge < -0.3 is 15.0 Å². The van der Waals surface area contributed by atoms with E-state index < -0.39 is 0 Å². The third-order valence-corrected chi connectivity index (χ3v) is 2.98. The van der Waals surface area contributed by atoms with Crippen molar-refractivity contribution in [2.24, 2.45) is 0 Å². The molecule has 5 nitrogen and oxygen atoms in total. The van der Waals surface area contributed by atoms with E-state index in [0.29, 0.717) is 11.1 Å². The Labute approximate surface area is 116 Å². The zero-order valence-electron chi connectivity index (χ0n) is 11.4. The van der Waals surface area contributed by atoms with Crippen molar-refractivity contribution in [2.75, 3.05) is 14.1 Å². The lowest BCUT2D eigenvalue weighted by molar-refractivity contribution is 0.0828. The fraction of sp³-hybridized carbons (Fsp3) is 0.200. The lowest BCUT2D eigenvalue weighted by Gasteiger charge is -2.14. The molecule has 0 aliphatic carbocycles. The summed E-state index contributed by atoms with van der Waals surface area (Å²) in [6.45, 7) is -0.0893. The number of H-pyrrole nitrogens is 1. The number of aromatic amines is 1. The Balaban J connectivity index is 2.62. The number of benzene rings is 1. The number of amides is 1. The molecule has 0 saturated carbocycles. The molecule has 2 aromatic rings. The van der Waals surface area contributed by atoms with Crippen molar-refractivity contribution in [3.05, 3.63) is 58.0 Å². The normalized spacial score (nSPS) is 10.3. The predicted octanol–water partition coefficient (Wildman–Crippen LogP) is 1.24. The highest BCUT2D eigenvalue weighted by Gasteiger charge is 2.15. The van der Waals surface area contributed by atoms with E-state index in [4.69, 9.17) is 0 Å². The summed E-state index contributed by atoms with van der Waals surface area (Å²) in [7, 11) is 3.31. The second-order valence-electron chi connectivity index (χ2n) is 4.68. The molecule has 0 spiro atoms. The van der Waals surface area contributed by atoms with Gasteiger partial charge in [0.2, 0.25) is 5.56 Å². The molecular weight excluding hydrogens is 256 g/mol. The van der Waals surface area contributed by atoms with Crippen LogP contribution in [0.2, 0.25) is 0 Å². The van der Waals surface area contributed by atoms with Crippen LogP contribution in [0.4, 0.5) is 0 Å². The first kappa shape index (κ1) is 14.0. The van der Waals surface area contributed by atoms with Gasteiger partial charge in [-0.3, -0.25) is 9.59 Å². The molecule has 2 rings (SSSR count). The van der Waals surface area contributed by atoms with E-state index in [0.717, 1.165) is 11.1 Å². The quantitative estimate of drug-likeness (QED) is 0.882. The minimum absolute atomic E-state index is 0.0893. The number of aliphatic hydroxyl groups excluding tert-OH is 1. The highest BCUT2D eigenvalue weighted by Crippen LogP contribution is 2.23. The third-order valence-electron chi connectivity index (χ3n) is 2.98. The molecule has 0 atom stereocenters. The molecule has 0 aliphatic rings. The summed E-state index contributed by atoms with van der Waals surface area (Å²) in [4.78, 5) is 27.7. The van der Waals surface area contributed by atoms with Crippen molar-refractivity contribution in [3.63, 3.8) is 0 Å². The Morgan fingerprint density at radius 3 is 2.70 bits per heavy atom. The topological polar surface area (TPSA) is 73.4 Å². The first-order valence-corrected chi connectivity index (χ1v) is 6.17. The molecule has 0 bridgehead atoms. The minimum Gasteiger partial charge on any atom is -0.392 e. The second-order valence-corrected chi connectivity index (χ2v) is 4.68. The number of pyridine rings is 1. The van der Waals surface area contributed by atoms with Crippen LogP contribution in [0, 0.1) is 0 Å². The van der Waals surface area contributed by atoms with Crippen molar-refractivity contribution < 1.29 is 9.90 Å². The lowest BCUT2D eigenvalue weighted by Crippen LogP contribution is -2.23. The van der Waals surface area contributed by atoms with Gasteiger partial charge in [-0.1, -0.05) is 18.2 Å². The predicted molar refractivity (Wildman–Crippen MR) is 76.4 cm³/mol. The molecular formula is C15H16N2O3. The van der Waals surface area contributed by atoms with E-state index in [9.17, 15) is 14.7 Å². The fourth-order valence-electron chi connectivity index (χ4n) is 1.97. The number of carbonyl (C=O) groups excluding carboxylic acids is 1. The average molecular weight is 272 g/mol. The van der Waals surface area contributed by atoms with E-state index in [1.807, 2.05) is 0 Å². The summed E-state index contributed by atoms with van der Waals surface area (Å²) in [6.07, 6.45) is 1.42. The van der Waals surface area contributed by atoms with Crippen LogP contribution in [-0.2, 0) is 6.61 Å². The summed E-state index contributed by atoms with van der Waals surface area (Å²) >= 11 is 0. The Morgan fingerprint density at radius 2 is 2.05 bits per heavy atom. The van der Waals surface area contributed by atoms with Gasteiger partial charge in [0, 0.05) is 31.9 Å². The van der Waals surface area contributed by atoms with E-state index in [-0.39, 0.29) is 18.1 Å². The number of hydrogen-bond donors (Lipinski definition) is 2. The van der Waals surface area contributed by atoms with Gasteiger partial charge >= 0.3 is 0 Å². The summed E-state index contributed by atoms with van der Waals surface area (Å²) in [6, 6.07) is 8.53. The Morgan fingerprint density at radius 1 is 1.30 bits per heavy atom. The van der Waals surface area contributed by atoms with Crippen LogP contribution in [0.1, 0.15) is 15.9 Å². The highest BCUT2D eigenvalue weighted by atomic mass is 16.3. The van der Waals surface area contributed by atoms with Crippen molar-refractivity contribution in [3.8, 4) is 11.1 Å². The van der Waals surface area contributed by atoms with Crippen molar-refractivity contribution in [1.29, 1.82) is 0 Å². The first-order chi connectivity index (χ1) is 9.52. The van der Waals surface area contributed by atoms with E-state index in [1.165, 1.54) is 17.2 Å². The summed E-state index contributed by atoms with van der Waals surface area (Å²) < 4.78 is 0. The monoisotopic (exact) mass is 272 g/mol. The molecule has 1 aromatic carbocycles. The number of aliphatic hydroxyl groups is 1. The van der Waals surface area contributed by atoms with Gasteiger partial charge in [0.1, 0.15) is 0 Å². The number of aromatic nitrogens is 1. The molecule has 1 heterocycles. The van der Waals surface area contributed by atoms with Gasteiger partial charge in [0.05, 0.1) is 12.2 Å². The SMILES string of the molecule is CN(C)C(=O)c1c[nH]c(=O)cc1-c1cccc(CO)c1. The minimum atomic E-state index is -0.273. The molecule has 0 unspecified atom stereocenters. The molecule has 1 amide bonds. The van der Waals surface area contributed by atoms with Crippen LogP contribution in [0.25, 0.3) is 11.1 Å². The summed E-state index contributed by atoms with van der Waals surface area (Å²) in [5.74, 6) is -0.189. The van der Waals surface area contributed by atoms with Gasteiger partial charge in [-0.05, 0) is 17.2 Å². The molecule has 0 fully saturated rings. The second kappa shape index (κ2) is 5.71. The summed E-state index contributed by atoms with van der Waals surface area (Å²) in [5, 5.41) is 9.19. The van der Waals surface area contributed by atoms with Crippen LogP contribution in [0.15, 0.2) is 41.3 Å². The van der Waals surface area contributed by atoms with Crippen LogP contribution in [0.5, 0.6) is 0 Å². The zero-order valence-corrected chi connectivity index (χ0v) is 11.4. The van der Waals surface area contributed by atoms with E-state index in [1.54, 1.807) is 38.4 Å². The standard InChI is InChI=1S/C15H16N2O3/c1-17(2)15(20)13-8-16-14(19)7-12(13)11-5-3-4-10(6-11)9-18/h3-8,18H,9H2,1-2H3,(H,16,19). The lowest BCUT2D eigenvalue weighted by atomic mass is 9.99. The number of rotatable bonds is 3. The largest absolute Gasteiger partial charge is 0.392 e. The average Bonchev–Trinajstić information content (AvgIpc) is 2.46. The fourth-order valence-corrected chi connectivity index (χ4v) is 1.97. The molecule has 0 saturated heterocycles. The van der Waals surface area contributed by atoms with Gasteiger partial charge in [-0.2, -0.15) is 0 Å². The van der Waals surface area contributed by atoms with Crippen LogP contribution >= 0.6 is 0 Å². The number of nitrogens with zero attached hydrogens (tertiary/aromatic N) is 1. The van der Waals surface area contributed by atoms with Gasteiger partial charge in [-0.15, -0.1) is 0 Å². The molecule has 2 N–H and O–H groups in total. The van der Waals surface area contributed by atoms with Gasteiger partial charge in [0.15, 0.2) is 0 Å². The number of hydrogen-bond acceptors (Lipinski definition) is 3. The molecule has 5 heteroatoms. The van der Waals surface area contributed by atoms with Gasteiger partial charge in [-0.25, -0.2) is 0 Å². The molecule has 20 heavy (non-hydrogen) atoms. The Bertz CT molecular complexity index is 690. The van der Waals surface area contributed by atoms with Crippen LogP contribution in [0.3, 0.4) is 0 Å². The molecule has 104 valence electrons. The number of carbonyl (C=O) groups is 1. The van der Waals surface area contributed by atoms with Crippen molar-refractivity contribution in [1.82, 2.24) is 9.88 Å². The van der Waals surface area contributed by atoms with E-state index >= 15 is 0 Å². The third kappa shape index (κ3) is 2.78. The Hall–Kier alpha value is -2.40. The van der Waals surface area contributed by atoms with Crippen LogP contribution in [-0.4, -0.2) is 35.0 Å². The van der Waals surface area contributed by atoms with Gasteiger partial charge in [0.25, 0.3) is 5.91 Å².